The number of esters is 2. The second kappa shape index (κ2) is 17.0. The van der Waals surface area contributed by atoms with Crippen molar-refractivity contribution in [1.29, 1.82) is 0 Å². The topological polar surface area (TPSA) is 115 Å². The number of carbonyl (C=O) groups excluding carboxylic acids is 4. The number of alkyl halides is 1. The van der Waals surface area contributed by atoms with Crippen molar-refractivity contribution >= 4 is 68.5 Å². The first-order chi connectivity index (χ1) is 22.4. The van der Waals surface area contributed by atoms with Crippen LogP contribution in [0.15, 0.2) is 60.7 Å². The van der Waals surface area contributed by atoms with Gasteiger partial charge in [-0.1, -0.05) is 59.0 Å². The Morgan fingerprint density at radius 3 is 1.56 bits per heavy atom. The van der Waals surface area contributed by atoms with Crippen molar-refractivity contribution < 1.29 is 38.1 Å². The number of rotatable bonds is 6. The number of fused-ring (bicyclic) bond motifs is 2. The molecule has 2 heterocycles. The number of aromatic nitrogens is 2. The highest BCUT2D eigenvalue weighted by atomic mass is 127. The molecule has 4 rings (SSSR count). The lowest BCUT2D eigenvalue weighted by Crippen LogP contribution is -2.36. The second-order valence-corrected chi connectivity index (χ2v) is 13.2. The van der Waals surface area contributed by atoms with Crippen LogP contribution in [0.1, 0.15) is 80.6 Å². The Kier molecular flexibility index (Phi) is 14.3. The van der Waals surface area contributed by atoms with Gasteiger partial charge in [-0.3, -0.25) is 9.59 Å². The average Bonchev–Trinajstić information content (AvgIpc) is 3.56. The van der Waals surface area contributed by atoms with Crippen LogP contribution >= 0.6 is 22.6 Å². The molecule has 48 heavy (non-hydrogen) atoms. The van der Waals surface area contributed by atoms with E-state index in [4.69, 9.17) is 18.9 Å². The molecular weight excluding hydrogens is 727 g/mol. The summed E-state index contributed by atoms with van der Waals surface area (Å²) in [5, 5.41) is 1.75. The van der Waals surface area contributed by atoms with E-state index < -0.39 is 28.8 Å². The summed E-state index contributed by atoms with van der Waals surface area (Å²) in [4.78, 5) is 51.4. The highest BCUT2D eigenvalue weighted by Gasteiger charge is 2.37. The molecule has 10 nitrogen and oxygen atoms in total. The molecule has 0 saturated heterocycles. The first kappa shape index (κ1) is 40.3. The highest BCUT2D eigenvalue weighted by molar-refractivity contribution is 14.1. The van der Waals surface area contributed by atoms with Gasteiger partial charge in [0.2, 0.25) is 0 Å². The van der Waals surface area contributed by atoms with Gasteiger partial charge in [-0.2, -0.15) is 0 Å². The van der Waals surface area contributed by atoms with E-state index >= 15 is 0 Å². The number of carbonyl (C=O) groups is 4. The maximum atomic E-state index is 12.8. The van der Waals surface area contributed by atoms with E-state index in [0.29, 0.717) is 23.5 Å². The number of hydrogen-bond donors (Lipinski definition) is 0. The van der Waals surface area contributed by atoms with Gasteiger partial charge in [0, 0.05) is 22.2 Å². The summed E-state index contributed by atoms with van der Waals surface area (Å²) in [6.07, 6.45) is -0.967. The molecule has 11 heteroatoms. The van der Waals surface area contributed by atoms with Crippen molar-refractivity contribution in [3.63, 3.8) is 0 Å². The maximum absolute atomic E-state index is 12.8. The van der Waals surface area contributed by atoms with E-state index in [1.54, 1.807) is 27.7 Å². The zero-order chi connectivity index (χ0) is 36.4. The summed E-state index contributed by atoms with van der Waals surface area (Å²) in [7, 11) is 0. The molecule has 262 valence electrons. The van der Waals surface area contributed by atoms with Crippen LogP contribution in [-0.2, 0) is 40.4 Å². The van der Waals surface area contributed by atoms with Crippen LogP contribution in [0.3, 0.4) is 0 Å². The first-order valence-corrected chi connectivity index (χ1v) is 17.9. The van der Waals surface area contributed by atoms with E-state index in [2.05, 4.69) is 22.6 Å². The van der Waals surface area contributed by atoms with Gasteiger partial charge in [-0.25, -0.2) is 18.7 Å². The van der Waals surface area contributed by atoms with Crippen LogP contribution in [0.5, 0.6) is 0 Å². The number of hydrogen-bond acceptors (Lipinski definition) is 8. The molecule has 0 unspecified atom stereocenters. The molecule has 0 amide bonds. The fourth-order valence-electron chi connectivity index (χ4n) is 4.76. The van der Waals surface area contributed by atoms with Crippen LogP contribution in [0.4, 0.5) is 9.59 Å². The van der Waals surface area contributed by atoms with Gasteiger partial charge in [0.05, 0.1) is 30.7 Å². The van der Waals surface area contributed by atoms with E-state index in [1.807, 2.05) is 107 Å². The summed E-state index contributed by atoms with van der Waals surface area (Å²) in [5.41, 5.74) is 0.323. The molecular formula is C37H49IN2O8. The van der Waals surface area contributed by atoms with Crippen molar-refractivity contribution in [2.45, 2.75) is 92.3 Å². The van der Waals surface area contributed by atoms with Gasteiger partial charge in [0.25, 0.3) is 0 Å². The molecule has 0 radical (unpaired) electrons. The van der Waals surface area contributed by atoms with E-state index in [-0.39, 0.29) is 25.0 Å². The van der Waals surface area contributed by atoms with Gasteiger partial charge in [-0.05, 0) is 98.4 Å². The average molecular weight is 777 g/mol. The predicted molar refractivity (Wildman–Crippen MR) is 197 cm³/mol. The third kappa shape index (κ3) is 10.6. The smallest absolute Gasteiger partial charge is 0.419 e. The molecule has 0 bridgehead atoms. The first-order valence-electron chi connectivity index (χ1n) is 15.8. The van der Waals surface area contributed by atoms with E-state index in [1.165, 1.54) is 9.13 Å². The molecule has 2 aromatic carbocycles. The summed E-state index contributed by atoms with van der Waals surface area (Å²) >= 11 is 2.15. The van der Waals surface area contributed by atoms with Crippen molar-refractivity contribution in [2.24, 2.45) is 0 Å². The van der Waals surface area contributed by atoms with Gasteiger partial charge in [0.1, 0.15) is 16.6 Å². The quantitative estimate of drug-likeness (QED) is 0.0826. The molecule has 0 atom stereocenters. The summed E-state index contributed by atoms with van der Waals surface area (Å²) < 4.78 is 24.1. The lowest BCUT2D eigenvalue weighted by molar-refractivity contribution is -0.149. The standard InChI is InChI=1S/C19H25NO4.C17H21NO4.CH3I/c1-7-23-16(21)19(5,6)15-12-13-10-8-9-11-14(13)20(15)17(22)24-18(2,3)4;1-5-21-15(19)11-13-10-12-8-6-7-9-14(12)18(13)16(20)22-17(2,3)4;1-2/h8-12H,7H2,1-6H3;6-10H,5,11H2,1-4H3;1H3. The minimum atomic E-state index is -0.980. The molecule has 0 spiro atoms. The Morgan fingerprint density at radius 2 is 1.08 bits per heavy atom. The number of nitrogens with zero attached hydrogens (tertiary/aromatic N) is 2. The third-order valence-corrected chi connectivity index (χ3v) is 6.71. The molecule has 0 fully saturated rings. The summed E-state index contributed by atoms with van der Waals surface area (Å²) in [5.74, 6) is -0.743. The van der Waals surface area contributed by atoms with Crippen LogP contribution in [0.25, 0.3) is 21.8 Å². The lowest BCUT2D eigenvalue weighted by Gasteiger charge is -2.26. The van der Waals surface area contributed by atoms with Gasteiger partial charge < -0.3 is 18.9 Å². The SMILES string of the molecule is CCOC(=O)C(C)(C)c1cc2ccccc2n1C(=O)OC(C)(C)C.CCOC(=O)Cc1cc2ccccc2n1C(=O)OC(C)(C)C.CI. The molecule has 0 aliphatic heterocycles. The number of ether oxygens (including phenoxy) is 4. The molecule has 0 aliphatic carbocycles. The Bertz CT molecular complexity index is 1720. The Morgan fingerprint density at radius 1 is 0.646 bits per heavy atom. The molecule has 4 aromatic rings. The Hall–Kier alpha value is -3.87. The number of benzene rings is 2. The monoisotopic (exact) mass is 776 g/mol. The van der Waals surface area contributed by atoms with E-state index in [9.17, 15) is 19.2 Å². The molecule has 0 saturated carbocycles. The summed E-state index contributed by atoms with van der Waals surface area (Å²) in [6.45, 7) is 18.5. The highest BCUT2D eigenvalue weighted by Crippen LogP contribution is 2.32. The van der Waals surface area contributed by atoms with Crippen molar-refractivity contribution in [3.8, 4) is 0 Å². The van der Waals surface area contributed by atoms with Crippen LogP contribution in [0.2, 0.25) is 0 Å². The minimum Gasteiger partial charge on any atom is -0.466 e. The molecule has 2 aromatic heterocycles. The number of para-hydroxylation sites is 2. The molecule has 0 aliphatic rings. The third-order valence-electron chi connectivity index (χ3n) is 6.71. The van der Waals surface area contributed by atoms with Crippen LogP contribution in [-0.4, -0.2) is 62.6 Å². The summed E-state index contributed by atoms with van der Waals surface area (Å²) in [6, 6.07) is 18.6. The molecule has 0 N–H and O–H groups in total. The van der Waals surface area contributed by atoms with Gasteiger partial charge in [0.15, 0.2) is 0 Å². The minimum absolute atomic E-state index is 0.0295. The largest absolute Gasteiger partial charge is 0.466 e. The normalized spacial score (nSPS) is 11.5. The van der Waals surface area contributed by atoms with Gasteiger partial charge in [-0.15, -0.1) is 0 Å². The Balaban J connectivity index is 0.000000318. The lowest BCUT2D eigenvalue weighted by atomic mass is 9.89. The fourth-order valence-corrected chi connectivity index (χ4v) is 4.76. The Labute approximate surface area is 297 Å². The van der Waals surface area contributed by atoms with Crippen molar-refractivity contribution in [2.75, 3.05) is 18.1 Å². The van der Waals surface area contributed by atoms with Crippen molar-refractivity contribution in [3.05, 3.63) is 72.1 Å². The zero-order valence-corrected chi connectivity index (χ0v) is 32.1. The fraction of sp³-hybridized carbons (Fsp3) is 0.459. The maximum Gasteiger partial charge on any atom is 0.419 e. The second-order valence-electron chi connectivity index (χ2n) is 13.2. The predicted octanol–water partition coefficient (Wildman–Crippen LogP) is 8.85. The number of halogens is 1. The zero-order valence-electron chi connectivity index (χ0n) is 29.9. The van der Waals surface area contributed by atoms with E-state index in [0.717, 1.165) is 16.3 Å². The van der Waals surface area contributed by atoms with Crippen LogP contribution in [0, 0.1) is 0 Å². The van der Waals surface area contributed by atoms with Crippen LogP contribution < -0.4 is 0 Å². The van der Waals surface area contributed by atoms with Crippen molar-refractivity contribution in [1.82, 2.24) is 9.13 Å². The van der Waals surface area contributed by atoms with Gasteiger partial charge >= 0.3 is 24.1 Å².